The average Bonchev–Trinajstić information content (AvgIpc) is 2.67. The van der Waals surface area contributed by atoms with Gasteiger partial charge in [-0.2, -0.15) is 4.31 Å². The number of carbonyl (C=O) groups is 2. The van der Waals surface area contributed by atoms with Crippen LogP contribution in [0.25, 0.3) is 0 Å². The van der Waals surface area contributed by atoms with Crippen LogP contribution in [0.2, 0.25) is 0 Å². The molecule has 1 amide bonds. The minimum absolute atomic E-state index is 0.0882. The second kappa shape index (κ2) is 9.29. The van der Waals surface area contributed by atoms with Crippen LogP contribution in [0, 0.1) is 0 Å². The van der Waals surface area contributed by atoms with E-state index in [1.165, 1.54) is 16.4 Å². The normalized spacial score (nSPS) is 11.2. The van der Waals surface area contributed by atoms with Crippen molar-refractivity contribution < 1.29 is 22.7 Å². The summed E-state index contributed by atoms with van der Waals surface area (Å²) in [5.41, 5.74) is 0.654. The number of anilines is 1. The third-order valence-electron chi connectivity index (χ3n) is 3.80. The third kappa shape index (κ3) is 5.38. The molecule has 0 spiro atoms. The van der Waals surface area contributed by atoms with E-state index in [9.17, 15) is 18.0 Å². The number of esters is 1. The number of benzene rings is 2. The molecule has 0 heterocycles. The van der Waals surface area contributed by atoms with Crippen LogP contribution >= 0.6 is 0 Å². The van der Waals surface area contributed by atoms with Gasteiger partial charge in [-0.3, -0.25) is 4.79 Å². The Bertz CT molecular complexity index is 893. The van der Waals surface area contributed by atoms with Crippen LogP contribution in [0.15, 0.2) is 59.5 Å². The van der Waals surface area contributed by atoms with Gasteiger partial charge in [0.05, 0.1) is 10.5 Å². The van der Waals surface area contributed by atoms with Crippen molar-refractivity contribution in [3.63, 3.8) is 0 Å². The summed E-state index contributed by atoms with van der Waals surface area (Å²) in [7, 11) is -3.62. The third-order valence-corrected chi connectivity index (χ3v) is 5.85. The van der Waals surface area contributed by atoms with E-state index in [1.54, 1.807) is 56.3 Å². The van der Waals surface area contributed by atoms with Gasteiger partial charge in [0.15, 0.2) is 6.61 Å². The molecule has 0 saturated carbocycles. The molecule has 2 aromatic carbocycles. The van der Waals surface area contributed by atoms with Gasteiger partial charge in [0, 0.05) is 18.8 Å². The summed E-state index contributed by atoms with van der Waals surface area (Å²) in [5, 5.41) is 2.54. The largest absolute Gasteiger partial charge is 0.452 e. The van der Waals surface area contributed by atoms with Crippen LogP contribution < -0.4 is 5.32 Å². The molecule has 2 rings (SSSR count). The number of amides is 1. The van der Waals surface area contributed by atoms with Crippen LogP contribution in [0.5, 0.6) is 0 Å². The van der Waals surface area contributed by atoms with Crippen molar-refractivity contribution >= 4 is 27.6 Å². The average molecular weight is 390 g/mol. The first kappa shape index (κ1) is 20.6. The van der Waals surface area contributed by atoms with E-state index in [4.69, 9.17) is 4.74 Å². The molecule has 0 aliphatic heterocycles. The van der Waals surface area contributed by atoms with E-state index in [-0.39, 0.29) is 4.90 Å². The molecule has 7 nitrogen and oxygen atoms in total. The topological polar surface area (TPSA) is 92.8 Å². The molecule has 0 aromatic heterocycles. The number of hydrogen-bond acceptors (Lipinski definition) is 5. The first-order valence-corrected chi connectivity index (χ1v) is 9.94. The van der Waals surface area contributed by atoms with Crippen molar-refractivity contribution in [3.8, 4) is 0 Å². The lowest BCUT2D eigenvalue weighted by molar-refractivity contribution is -0.119. The Kier molecular flexibility index (Phi) is 7.09. The van der Waals surface area contributed by atoms with E-state index < -0.39 is 28.5 Å². The Morgan fingerprint density at radius 3 is 2.30 bits per heavy atom. The second-order valence-corrected chi connectivity index (χ2v) is 7.55. The molecule has 0 aliphatic carbocycles. The fourth-order valence-corrected chi connectivity index (χ4v) is 3.94. The Labute approximate surface area is 159 Å². The Hall–Kier alpha value is -2.71. The predicted molar refractivity (Wildman–Crippen MR) is 102 cm³/mol. The molecular formula is C19H22N2O5S. The molecule has 8 heteroatoms. The summed E-state index contributed by atoms with van der Waals surface area (Å²) >= 11 is 0. The van der Waals surface area contributed by atoms with Crippen molar-refractivity contribution in [1.29, 1.82) is 0 Å². The molecule has 0 unspecified atom stereocenters. The zero-order valence-corrected chi connectivity index (χ0v) is 16.0. The van der Waals surface area contributed by atoms with E-state index in [0.29, 0.717) is 24.3 Å². The smallest absolute Gasteiger partial charge is 0.338 e. The second-order valence-electron chi connectivity index (χ2n) is 5.61. The van der Waals surface area contributed by atoms with Gasteiger partial charge in [-0.1, -0.05) is 38.1 Å². The minimum Gasteiger partial charge on any atom is -0.452 e. The maximum absolute atomic E-state index is 12.5. The summed E-state index contributed by atoms with van der Waals surface area (Å²) < 4.78 is 31.4. The van der Waals surface area contributed by atoms with Gasteiger partial charge >= 0.3 is 5.97 Å². The maximum atomic E-state index is 12.5. The minimum atomic E-state index is -3.62. The predicted octanol–water partition coefficient (Wildman–Crippen LogP) is 2.51. The summed E-state index contributed by atoms with van der Waals surface area (Å²) in [6, 6.07) is 14.3. The molecule has 1 N–H and O–H groups in total. The van der Waals surface area contributed by atoms with Crippen LogP contribution in [-0.4, -0.2) is 44.3 Å². The number of sulfonamides is 1. The number of nitrogens with one attached hydrogen (secondary N) is 1. The van der Waals surface area contributed by atoms with E-state index in [0.717, 1.165) is 0 Å². The maximum Gasteiger partial charge on any atom is 0.338 e. The molecule has 0 atom stereocenters. The van der Waals surface area contributed by atoms with Gasteiger partial charge in [0.25, 0.3) is 5.91 Å². The van der Waals surface area contributed by atoms with Gasteiger partial charge in [-0.05, 0) is 30.3 Å². The highest BCUT2D eigenvalue weighted by Gasteiger charge is 2.22. The Morgan fingerprint density at radius 2 is 1.67 bits per heavy atom. The molecule has 0 bridgehead atoms. The summed E-state index contributed by atoms with van der Waals surface area (Å²) in [4.78, 5) is 23.9. The first-order chi connectivity index (χ1) is 12.9. The molecule has 27 heavy (non-hydrogen) atoms. The standard InChI is InChI=1S/C19H22N2O5S/c1-3-21(4-2)27(24,25)17-12-8-11-16(13-17)20-18(22)14-26-19(23)15-9-6-5-7-10-15/h5-13H,3-4,14H2,1-2H3,(H,20,22). The highest BCUT2D eigenvalue weighted by atomic mass is 32.2. The van der Waals surface area contributed by atoms with Crippen molar-refractivity contribution in [2.24, 2.45) is 0 Å². The molecule has 2 aromatic rings. The van der Waals surface area contributed by atoms with Crippen molar-refractivity contribution in [2.75, 3.05) is 25.0 Å². The summed E-state index contributed by atoms with van der Waals surface area (Å²) in [6.07, 6.45) is 0. The van der Waals surface area contributed by atoms with Crippen LogP contribution in [0.4, 0.5) is 5.69 Å². The summed E-state index contributed by atoms with van der Waals surface area (Å²) in [5.74, 6) is -1.17. The summed E-state index contributed by atoms with van der Waals surface area (Å²) in [6.45, 7) is 3.75. The first-order valence-electron chi connectivity index (χ1n) is 8.50. The highest BCUT2D eigenvalue weighted by molar-refractivity contribution is 7.89. The van der Waals surface area contributed by atoms with Crippen molar-refractivity contribution in [1.82, 2.24) is 4.31 Å². The molecular weight excluding hydrogens is 368 g/mol. The van der Waals surface area contributed by atoms with Crippen LogP contribution in [0.3, 0.4) is 0 Å². The van der Waals surface area contributed by atoms with Crippen LogP contribution in [0.1, 0.15) is 24.2 Å². The van der Waals surface area contributed by atoms with Gasteiger partial charge in [0.2, 0.25) is 10.0 Å². The molecule has 0 radical (unpaired) electrons. The quantitative estimate of drug-likeness (QED) is 0.699. The van der Waals surface area contributed by atoms with Crippen LogP contribution in [-0.2, 0) is 19.6 Å². The SMILES string of the molecule is CCN(CC)S(=O)(=O)c1cccc(NC(=O)COC(=O)c2ccccc2)c1. The number of ether oxygens (including phenoxy) is 1. The number of nitrogens with zero attached hydrogens (tertiary/aromatic N) is 1. The van der Waals surface area contributed by atoms with Crippen molar-refractivity contribution in [2.45, 2.75) is 18.7 Å². The zero-order chi connectivity index (χ0) is 19.9. The number of hydrogen-bond donors (Lipinski definition) is 1. The fraction of sp³-hybridized carbons (Fsp3) is 0.263. The monoisotopic (exact) mass is 390 g/mol. The lowest BCUT2D eigenvalue weighted by Crippen LogP contribution is -2.30. The molecule has 144 valence electrons. The molecule has 0 aliphatic rings. The fourth-order valence-electron chi connectivity index (χ4n) is 2.43. The zero-order valence-electron chi connectivity index (χ0n) is 15.2. The van der Waals surface area contributed by atoms with Gasteiger partial charge < -0.3 is 10.1 Å². The van der Waals surface area contributed by atoms with Gasteiger partial charge in [-0.25, -0.2) is 13.2 Å². The Morgan fingerprint density at radius 1 is 1.00 bits per heavy atom. The number of carbonyl (C=O) groups excluding carboxylic acids is 2. The van der Waals surface area contributed by atoms with E-state index in [1.807, 2.05) is 0 Å². The lowest BCUT2D eigenvalue weighted by Gasteiger charge is -2.18. The van der Waals surface area contributed by atoms with E-state index in [2.05, 4.69) is 5.32 Å². The van der Waals surface area contributed by atoms with E-state index >= 15 is 0 Å². The highest BCUT2D eigenvalue weighted by Crippen LogP contribution is 2.19. The van der Waals surface area contributed by atoms with Gasteiger partial charge in [0.1, 0.15) is 0 Å². The molecule has 0 saturated heterocycles. The number of rotatable bonds is 8. The van der Waals surface area contributed by atoms with Gasteiger partial charge in [-0.15, -0.1) is 0 Å². The molecule has 0 fully saturated rings. The Balaban J connectivity index is 2.01. The van der Waals surface area contributed by atoms with Crippen molar-refractivity contribution in [3.05, 3.63) is 60.2 Å². The lowest BCUT2D eigenvalue weighted by atomic mass is 10.2.